The van der Waals surface area contributed by atoms with E-state index in [9.17, 15) is 9.90 Å². The summed E-state index contributed by atoms with van der Waals surface area (Å²) in [6, 6.07) is 0. The Morgan fingerprint density at radius 1 is 1.59 bits per heavy atom. The molecular formula is C14H22N4O4. The van der Waals surface area contributed by atoms with Crippen LogP contribution in [0.1, 0.15) is 21.8 Å². The number of carbonyl (C=O) groups excluding carboxylic acids is 1. The third kappa shape index (κ3) is 3.14. The minimum absolute atomic E-state index is 0.245. The Morgan fingerprint density at radius 3 is 3.27 bits per heavy atom. The molecule has 0 radical (unpaired) electrons. The molecule has 0 aromatic carbocycles. The van der Waals surface area contributed by atoms with Gasteiger partial charge in [0.15, 0.2) is 5.69 Å². The van der Waals surface area contributed by atoms with Crippen molar-refractivity contribution in [2.75, 3.05) is 46.4 Å². The van der Waals surface area contributed by atoms with Crippen LogP contribution in [0.2, 0.25) is 0 Å². The summed E-state index contributed by atoms with van der Waals surface area (Å²) in [5.74, 6) is 0.516. The van der Waals surface area contributed by atoms with Crippen LogP contribution in [0, 0.1) is 0 Å². The summed E-state index contributed by atoms with van der Waals surface area (Å²) in [6.45, 7) is 3.97. The van der Waals surface area contributed by atoms with E-state index in [0.29, 0.717) is 45.0 Å². The molecule has 8 heteroatoms. The van der Waals surface area contributed by atoms with Crippen molar-refractivity contribution in [3.05, 3.63) is 17.0 Å². The molecular weight excluding hydrogens is 288 g/mol. The second-order valence-corrected chi connectivity index (χ2v) is 5.93. The van der Waals surface area contributed by atoms with E-state index in [1.165, 1.54) is 0 Å². The summed E-state index contributed by atoms with van der Waals surface area (Å²) in [7, 11) is 1.57. The monoisotopic (exact) mass is 310 g/mol. The summed E-state index contributed by atoms with van der Waals surface area (Å²) < 4.78 is 10.7. The van der Waals surface area contributed by atoms with E-state index in [4.69, 9.17) is 9.26 Å². The van der Waals surface area contributed by atoms with Crippen molar-refractivity contribution in [3.63, 3.8) is 0 Å². The van der Waals surface area contributed by atoms with Gasteiger partial charge in [-0.15, -0.1) is 0 Å². The van der Waals surface area contributed by atoms with E-state index in [-0.39, 0.29) is 5.91 Å². The van der Waals surface area contributed by atoms with Gasteiger partial charge in [-0.1, -0.05) is 5.16 Å². The van der Waals surface area contributed by atoms with Crippen molar-refractivity contribution in [2.24, 2.45) is 0 Å². The van der Waals surface area contributed by atoms with Crippen molar-refractivity contribution in [1.82, 2.24) is 20.7 Å². The molecule has 3 N–H and O–H groups in total. The predicted octanol–water partition coefficient (Wildman–Crippen LogP) is -1.26. The normalized spacial score (nSPS) is 26.3. The molecule has 1 unspecified atom stereocenters. The van der Waals surface area contributed by atoms with Gasteiger partial charge in [0.1, 0.15) is 11.4 Å². The van der Waals surface area contributed by atoms with Gasteiger partial charge >= 0.3 is 0 Å². The highest BCUT2D eigenvalue weighted by atomic mass is 16.5. The fourth-order valence-corrected chi connectivity index (χ4v) is 2.99. The number of hydrogen-bond donors (Lipinski definition) is 3. The molecule has 2 aliphatic rings. The maximum absolute atomic E-state index is 11.8. The number of ether oxygens (including phenoxy) is 1. The van der Waals surface area contributed by atoms with Crippen LogP contribution in [0.3, 0.4) is 0 Å². The predicted molar refractivity (Wildman–Crippen MR) is 77.5 cm³/mol. The van der Waals surface area contributed by atoms with Crippen molar-refractivity contribution in [3.8, 4) is 0 Å². The van der Waals surface area contributed by atoms with Crippen LogP contribution in [-0.4, -0.2) is 73.1 Å². The molecule has 3 heterocycles. The number of amides is 1. The molecule has 3 rings (SSSR count). The van der Waals surface area contributed by atoms with Gasteiger partial charge in [-0.3, -0.25) is 9.69 Å². The molecule has 1 saturated heterocycles. The molecule has 0 spiro atoms. The average Bonchev–Trinajstić information content (AvgIpc) is 2.81. The number of rotatable bonds is 3. The van der Waals surface area contributed by atoms with Gasteiger partial charge < -0.3 is 25.0 Å². The first-order valence-electron chi connectivity index (χ1n) is 7.54. The van der Waals surface area contributed by atoms with Gasteiger partial charge in [-0.25, -0.2) is 0 Å². The lowest BCUT2D eigenvalue weighted by Gasteiger charge is -2.34. The van der Waals surface area contributed by atoms with Gasteiger partial charge in [0.05, 0.1) is 13.2 Å². The second kappa shape index (κ2) is 6.33. The number of aliphatic hydroxyl groups is 1. The van der Waals surface area contributed by atoms with Gasteiger partial charge in [0.25, 0.3) is 5.91 Å². The lowest BCUT2D eigenvalue weighted by atomic mass is 10.0. The van der Waals surface area contributed by atoms with Crippen LogP contribution in [0.5, 0.6) is 0 Å². The Bertz CT molecular complexity index is 537. The van der Waals surface area contributed by atoms with Crippen LogP contribution < -0.4 is 10.6 Å². The lowest BCUT2D eigenvalue weighted by Crippen LogP contribution is -2.52. The summed E-state index contributed by atoms with van der Waals surface area (Å²) in [5, 5.41) is 20.3. The van der Waals surface area contributed by atoms with Crippen molar-refractivity contribution in [2.45, 2.75) is 18.6 Å². The SMILES string of the molecule is CNC(=O)c1noc2c1CN(CC1(O)CNCCOC1)CC2. The Labute approximate surface area is 128 Å². The number of fused-ring (bicyclic) bond motifs is 1. The summed E-state index contributed by atoms with van der Waals surface area (Å²) >= 11 is 0. The molecule has 0 saturated carbocycles. The number of nitrogens with zero attached hydrogens (tertiary/aromatic N) is 2. The van der Waals surface area contributed by atoms with Gasteiger partial charge in [-0.05, 0) is 0 Å². The minimum atomic E-state index is -0.918. The van der Waals surface area contributed by atoms with Crippen molar-refractivity contribution in [1.29, 1.82) is 0 Å². The number of hydrogen-bond acceptors (Lipinski definition) is 7. The highest BCUT2D eigenvalue weighted by Gasteiger charge is 2.34. The molecule has 122 valence electrons. The highest BCUT2D eigenvalue weighted by Crippen LogP contribution is 2.24. The quantitative estimate of drug-likeness (QED) is 0.641. The van der Waals surface area contributed by atoms with Crippen LogP contribution >= 0.6 is 0 Å². The number of carbonyl (C=O) groups is 1. The minimum Gasteiger partial charge on any atom is -0.385 e. The third-order valence-electron chi connectivity index (χ3n) is 4.11. The van der Waals surface area contributed by atoms with E-state index >= 15 is 0 Å². The lowest BCUT2D eigenvalue weighted by molar-refractivity contribution is -0.0514. The zero-order valence-corrected chi connectivity index (χ0v) is 12.7. The van der Waals surface area contributed by atoms with E-state index in [2.05, 4.69) is 20.7 Å². The fourth-order valence-electron chi connectivity index (χ4n) is 2.99. The molecule has 2 aliphatic heterocycles. The molecule has 1 atom stereocenters. The largest absolute Gasteiger partial charge is 0.385 e. The van der Waals surface area contributed by atoms with E-state index in [1.54, 1.807) is 7.05 Å². The number of nitrogens with one attached hydrogen (secondary N) is 2. The first kappa shape index (κ1) is 15.4. The Hall–Kier alpha value is -1.48. The smallest absolute Gasteiger partial charge is 0.273 e. The van der Waals surface area contributed by atoms with Gasteiger partial charge in [-0.2, -0.15) is 0 Å². The zero-order valence-electron chi connectivity index (χ0n) is 12.7. The maximum atomic E-state index is 11.8. The molecule has 0 bridgehead atoms. The van der Waals surface area contributed by atoms with Gasteiger partial charge in [0, 0.05) is 51.8 Å². The molecule has 22 heavy (non-hydrogen) atoms. The van der Waals surface area contributed by atoms with Crippen LogP contribution in [0.4, 0.5) is 0 Å². The Morgan fingerprint density at radius 2 is 2.45 bits per heavy atom. The summed E-state index contributed by atoms with van der Waals surface area (Å²) in [6.07, 6.45) is 0.684. The fraction of sp³-hybridized carbons (Fsp3) is 0.714. The van der Waals surface area contributed by atoms with Crippen LogP contribution in [0.15, 0.2) is 4.52 Å². The van der Waals surface area contributed by atoms with E-state index in [1.807, 2.05) is 0 Å². The Kier molecular flexibility index (Phi) is 4.44. The average molecular weight is 310 g/mol. The maximum Gasteiger partial charge on any atom is 0.273 e. The zero-order chi connectivity index (χ0) is 15.6. The molecule has 0 aliphatic carbocycles. The molecule has 1 aromatic heterocycles. The Balaban J connectivity index is 1.70. The highest BCUT2D eigenvalue weighted by molar-refractivity contribution is 5.93. The standard InChI is InChI=1S/C14H22N4O4/c1-15-13(19)12-10-6-18(4-2-11(10)22-17-12)8-14(20)7-16-3-5-21-9-14/h16,20H,2-9H2,1H3,(H,15,19). The van der Waals surface area contributed by atoms with Crippen LogP contribution in [-0.2, 0) is 17.7 Å². The molecule has 8 nitrogen and oxygen atoms in total. The van der Waals surface area contributed by atoms with E-state index < -0.39 is 5.60 Å². The second-order valence-electron chi connectivity index (χ2n) is 5.93. The topological polar surface area (TPSA) is 99.9 Å². The first-order chi connectivity index (χ1) is 10.6. The van der Waals surface area contributed by atoms with Gasteiger partial charge in [0.2, 0.25) is 0 Å². The number of β-amino-alcohol motifs (C(OH)–C–C–N with tert-alkyl or cyclic N) is 1. The summed E-state index contributed by atoms with van der Waals surface area (Å²) in [5.41, 5.74) is 0.236. The third-order valence-corrected chi connectivity index (χ3v) is 4.11. The van der Waals surface area contributed by atoms with Crippen molar-refractivity contribution < 1.29 is 19.2 Å². The molecule has 1 fully saturated rings. The number of aromatic nitrogens is 1. The first-order valence-corrected chi connectivity index (χ1v) is 7.54. The molecule has 1 amide bonds. The van der Waals surface area contributed by atoms with E-state index in [0.717, 1.165) is 24.4 Å². The van der Waals surface area contributed by atoms with Crippen LogP contribution in [0.25, 0.3) is 0 Å². The van der Waals surface area contributed by atoms with Crippen molar-refractivity contribution >= 4 is 5.91 Å². The summed E-state index contributed by atoms with van der Waals surface area (Å²) in [4.78, 5) is 13.9. The molecule has 1 aromatic rings.